The average molecular weight is 229 g/mol. The predicted molar refractivity (Wildman–Crippen MR) is 51.1 cm³/mol. The third-order valence-corrected chi connectivity index (χ3v) is 2.62. The van der Waals surface area contributed by atoms with Crippen LogP contribution in [-0.2, 0) is 17.2 Å². The molecular weight excluding hydrogens is 218 g/mol. The summed E-state index contributed by atoms with van der Waals surface area (Å²) in [6, 6.07) is 5.01. The molecule has 0 saturated carbocycles. The van der Waals surface area contributed by atoms with E-state index in [1.165, 1.54) is 0 Å². The molecule has 1 aromatic rings. The zero-order chi connectivity index (χ0) is 11.5. The fourth-order valence-corrected chi connectivity index (χ4v) is 1.59. The van der Waals surface area contributed by atoms with Crippen LogP contribution < -0.4 is 4.57 Å². The van der Waals surface area contributed by atoms with Gasteiger partial charge in [0.1, 0.15) is 7.05 Å². The molecule has 1 rings (SSSR count). The van der Waals surface area contributed by atoms with E-state index in [1.54, 1.807) is 36.0 Å². The highest BCUT2D eigenvalue weighted by atomic mass is 32.2. The van der Waals surface area contributed by atoms with Crippen molar-refractivity contribution in [1.29, 1.82) is 0 Å². The van der Waals surface area contributed by atoms with Crippen molar-refractivity contribution in [1.82, 2.24) is 0 Å². The van der Waals surface area contributed by atoms with E-state index in [0.29, 0.717) is 5.69 Å². The maximum Gasteiger partial charge on any atom is 0.248 e. The lowest BCUT2D eigenvalue weighted by atomic mass is 10.2. The summed E-state index contributed by atoms with van der Waals surface area (Å²) in [4.78, 5) is 11.5. The molecule has 0 atom stereocenters. The summed E-state index contributed by atoms with van der Waals surface area (Å²) in [7, 11) is -2.64. The fraction of sp³-hybridized carbons (Fsp3) is 0.333. The van der Waals surface area contributed by atoms with Gasteiger partial charge in [-0.1, -0.05) is 0 Å². The van der Waals surface area contributed by atoms with E-state index in [1.807, 2.05) is 0 Å². The Bertz CT molecular complexity index is 467. The normalized spacial score (nSPS) is 11.3. The Morgan fingerprint density at radius 2 is 2.13 bits per heavy atom. The SMILES string of the molecule is C[n+]1ccccc1C(=O)CCS(=O)(=O)[O-]. The Morgan fingerprint density at radius 1 is 1.47 bits per heavy atom. The van der Waals surface area contributed by atoms with Gasteiger partial charge in [-0.3, -0.25) is 4.79 Å². The zero-order valence-corrected chi connectivity index (χ0v) is 9.03. The molecule has 0 aliphatic rings. The maximum absolute atomic E-state index is 11.5. The van der Waals surface area contributed by atoms with Gasteiger partial charge in [0.2, 0.25) is 11.5 Å². The summed E-state index contributed by atoms with van der Waals surface area (Å²) in [5.41, 5.74) is 0.390. The number of pyridine rings is 1. The topological polar surface area (TPSA) is 78.1 Å². The fourth-order valence-electron chi connectivity index (χ4n) is 1.16. The summed E-state index contributed by atoms with van der Waals surface area (Å²) in [6.45, 7) is 0. The van der Waals surface area contributed by atoms with Crippen molar-refractivity contribution in [3.8, 4) is 0 Å². The van der Waals surface area contributed by atoms with E-state index in [0.717, 1.165) is 0 Å². The van der Waals surface area contributed by atoms with Gasteiger partial charge in [0.05, 0.1) is 10.1 Å². The first kappa shape index (κ1) is 11.8. The van der Waals surface area contributed by atoms with Gasteiger partial charge in [-0.2, -0.15) is 4.57 Å². The van der Waals surface area contributed by atoms with Crippen molar-refractivity contribution in [2.24, 2.45) is 7.05 Å². The molecule has 0 aliphatic heterocycles. The van der Waals surface area contributed by atoms with Gasteiger partial charge < -0.3 is 4.55 Å². The van der Waals surface area contributed by atoms with Crippen molar-refractivity contribution in [2.45, 2.75) is 6.42 Å². The van der Waals surface area contributed by atoms with Crippen molar-refractivity contribution in [3.63, 3.8) is 0 Å². The predicted octanol–water partition coefficient (Wildman–Crippen LogP) is -0.371. The third kappa shape index (κ3) is 3.77. The summed E-state index contributed by atoms with van der Waals surface area (Å²) < 4.78 is 32.6. The minimum absolute atomic E-state index is 0.274. The highest BCUT2D eigenvalue weighted by molar-refractivity contribution is 7.85. The minimum atomic E-state index is -4.32. The number of rotatable bonds is 4. The number of hydrogen-bond acceptors (Lipinski definition) is 4. The Balaban J connectivity index is 2.75. The van der Waals surface area contributed by atoms with E-state index in [-0.39, 0.29) is 12.2 Å². The van der Waals surface area contributed by atoms with Crippen LogP contribution >= 0.6 is 0 Å². The Labute approximate surface area is 88.1 Å². The first-order valence-electron chi connectivity index (χ1n) is 4.31. The lowest BCUT2D eigenvalue weighted by Crippen LogP contribution is -2.35. The molecule has 0 aromatic carbocycles. The monoisotopic (exact) mass is 229 g/mol. The molecule has 5 nitrogen and oxygen atoms in total. The van der Waals surface area contributed by atoms with Crippen molar-refractivity contribution >= 4 is 15.9 Å². The molecular formula is C9H11NO4S. The molecule has 0 saturated heterocycles. The number of aryl methyl sites for hydroxylation is 1. The molecule has 0 bridgehead atoms. The van der Waals surface area contributed by atoms with Crippen LogP contribution in [0.15, 0.2) is 24.4 Å². The van der Waals surface area contributed by atoms with Crippen molar-refractivity contribution in [3.05, 3.63) is 30.1 Å². The molecule has 0 radical (unpaired) electrons. The van der Waals surface area contributed by atoms with E-state index in [9.17, 15) is 17.8 Å². The molecule has 1 aromatic heterocycles. The van der Waals surface area contributed by atoms with E-state index >= 15 is 0 Å². The summed E-state index contributed by atoms with van der Waals surface area (Å²) >= 11 is 0. The van der Waals surface area contributed by atoms with Crippen LogP contribution in [0, 0.1) is 0 Å². The largest absolute Gasteiger partial charge is 0.748 e. The summed E-state index contributed by atoms with van der Waals surface area (Å²) in [5.74, 6) is -1.00. The third-order valence-electron chi connectivity index (χ3n) is 1.92. The van der Waals surface area contributed by atoms with Gasteiger partial charge in [-0.15, -0.1) is 0 Å². The van der Waals surface area contributed by atoms with E-state index < -0.39 is 15.9 Å². The number of ketones is 1. The first-order chi connectivity index (χ1) is 6.90. The van der Waals surface area contributed by atoms with Crippen molar-refractivity contribution in [2.75, 3.05) is 5.75 Å². The lowest BCUT2D eigenvalue weighted by molar-refractivity contribution is -0.673. The maximum atomic E-state index is 11.5. The van der Waals surface area contributed by atoms with Gasteiger partial charge in [-0.05, 0) is 6.07 Å². The zero-order valence-electron chi connectivity index (χ0n) is 8.21. The van der Waals surface area contributed by atoms with Crippen LogP contribution in [0.2, 0.25) is 0 Å². The van der Waals surface area contributed by atoms with E-state index in [2.05, 4.69) is 0 Å². The van der Waals surface area contributed by atoms with Crippen LogP contribution in [0.25, 0.3) is 0 Å². The lowest BCUT2D eigenvalue weighted by Gasteiger charge is -2.04. The average Bonchev–Trinajstić information content (AvgIpc) is 2.14. The van der Waals surface area contributed by atoms with Gasteiger partial charge >= 0.3 is 0 Å². The van der Waals surface area contributed by atoms with Gasteiger partial charge in [0, 0.05) is 24.3 Å². The molecule has 82 valence electrons. The summed E-state index contributed by atoms with van der Waals surface area (Å²) in [5, 5.41) is 0. The molecule has 6 heteroatoms. The number of hydrogen-bond donors (Lipinski definition) is 0. The second-order valence-corrected chi connectivity index (χ2v) is 4.66. The molecule has 1 heterocycles. The number of carbonyl (C=O) groups is 1. The number of aromatic nitrogens is 1. The summed E-state index contributed by atoms with van der Waals surface area (Å²) in [6.07, 6.45) is 1.41. The number of nitrogens with zero attached hydrogens (tertiary/aromatic N) is 1. The van der Waals surface area contributed by atoms with Gasteiger partial charge in [0.15, 0.2) is 6.20 Å². The Morgan fingerprint density at radius 3 is 2.67 bits per heavy atom. The van der Waals surface area contributed by atoms with Gasteiger partial charge in [-0.25, -0.2) is 8.42 Å². The molecule has 0 unspecified atom stereocenters. The van der Waals surface area contributed by atoms with Crippen LogP contribution in [0.4, 0.5) is 0 Å². The molecule has 0 spiro atoms. The second kappa shape index (κ2) is 4.50. The van der Waals surface area contributed by atoms with Crippen LogP contribution in [0.1, 0.15) is 16.9 Å². The highest BCUT2D eigenvalue weighted by Gasteiger charge is 2.15. The molecule has 0 amide bonds. The Hall–Kier alpha value is -1.27. The Kier molecular flexibility index (Phi) is 3.54. The molecule has 0 fully saturated rings. The molecule has 15 heavy (non-hydrogen) atoms. The van der Waals surface area contributed by atoms with Crippen molar-refractivity contribution < 1.29 is 22.3 Å². The quantitative estimate of drug-likeness (QED) is 0.401. The van der Waals surface area contributed by atoms with Crippen LogP contribution in [0.3, 0.4) is 0 Å². The van der Waals surface area contributed by atoms with Gasteiger partial charge in [0.25, 0.3) is 0 Å². The molecule has 0 N–H and O–H groups in total. The van der Waals surface area contributed by atoms with Crippen LogP contribution in [-0.4, -0.2) is 24.5 Å². The van der Waals surface area contributed by atoms with E-state index in [4.69, 9.17) is 0 Å². The number of Topliss-reactive ketones (excluding diaryl/α,β-unsaturated/α-hetero) is 1. The first-order valence-corrected chi connectivity index (χ1v) is 5.89. The smallest absolute Gasteiger partial charge is 0.248 e. The number of carbonyl (C=O) groups excluding carboxylic acids is 1. The molecule has 0 aliphatic carbocycles. The minimum Gasteiger partial charge on any atom is -0.748 e. The highest BCUT2D eigenvalue weighted by Crippen LogP contribution is 1.99. The second-order valence-electron chi connectivity index (χ2n) is 3.13. The van der Waals surface area contributed by atoms with Crippen LogP contribution in [0.5, 0.6) is 0 Å². The standard InChI is InChI=1S/C9H11NO4S/c1-10-6-3-2-4-8(10)9(11)5-7-15(12,13)14/h2-4,6H,5,7H2,1H3.